The minimum Gasteiger partial charge on any atom is -0.356 e. The van der Waals surface area contributed by atoms with E-state index in [9.17, 15) is 8.42 Å². The van der Waals surface area contributed by atoms with Gasteiger partial charge in [0.25, 0.3) is 0 Å². The summed E-state index contributed by atoms with van der Waals surface area (Å²) in [6.07, 6.45) is 6.59. The van der Waals surface area contributed by atoms with Gasteiger partial charge in [0, 0.05) is 38.8 Å². The van der Waals surface area contributed by atoms with Crippen LogP contribution in [0.2, 0.25) is 0 Å². The number of sulfone groups is 1. The molecule has 0 atom stereocenters. The molecule has 0 fully saturated rings. The number of aryl methyl sites for hydroxylation is 1. The molecule has 6 nitrogen and oxygen atoms in total. The van der Waals surface area contributed by atoms with Gasteiger partial charge in [-0.3, -0.25) is 9.98 Å². The van der Waals surface area contributed by atoms with Crippen LogP contribution in [0.1, 0.15) is 16.7 Å². The van der Waals surface area contributed by atoms with Gasteiger partial charge in [-0.1, -0.05) is 12.1 Å². The maximum atomic E-state index is 11.5. The number of nitrogens with zero attached hydrogens (tertiary/aromatic N) is 2. The molecule has 26 heavy (non-hydrogen) atoms. The molecule has 7 heteroatoms. The monoisotopic (exact) mass is 374 g/mol. The van der Waals surface area contributed by atoms with Gasteiger partial charge in [0.1, 0.15) is 0 Å². The number of nitrogens with one attached hydrogen (secondary N) is 2. The summed E-state index contributed by atoms with van der Waals surface area (Å²) in [4.78, 5) is 8.67. The number of hydrogen-bond acceptors (Lipinski definition) is 4. The van der Waals surface area contributed by atoms with Crippen LogP contribution < -0.4 is 10.6 Å². The van der Waals surface area contributed by atoms with Crippen molar-refractivity contribution in [2.75, 3.05) is 26.4 Å². The summed E-state index contributed by atoms with van der Waals surface area (Å²) in [5.41, 5.74) is 3.54. The van der Waals surface area contributed by atoms with E-state index < -0.39 is 9.84 Å². The number of aliphatic imine (C=N–C) groups is 1. The standard InChI is InChI=1S/C19H26N4O2S/c1-15-14-21-11-9-17(15)10-13-23-19(20-2)22-12-8-16-4-6-18(7-5-16)26(3,24)25/h4-7,9,11,14H,8,10,12-13H2,1-3H3,(H2,20,22,23). The van der Waals surface area contributed by atoms with Crippen molar-refractivity contribution in [2.45, 2.75) is 24.7 Å². The molecule has 0 amide bonds. The van der Waals surface area contributed by atoms with Crippen LogP contribution in [-0.4, -0.2) is 45.8 Å². The highest BCUT2D eigenvalue weighted by atomic mass is 32.2. The van der Waals surface area contributed by atoms with Crippen LogP contribution in [0.5, 0.6) is 0 Å². The van der Waals surface area contributed by atoms with Gasteiger partial charge >= 0.3 is 0 Å². The molecule has 140 valence electrons. The second-order valence-corrected chi connectivity index (χ2v) is 8.16. The van der Waals surface area contributed by atoms with Crippen molar-refractivity contribution in [3.8, 4) is 0 Å². The average molecular weight is 375 g/mol. The quantitative estimate of drug-likeness (QED) is 0.570. The van der Waals surface area contributed by atoms with Gasteiger partial charge in [-0.15, -0.1) is 0 Å². The van der Waals surface area contributed by atoms with E-state index in [0.29, 0.717) is 11.4 Å². The molecule has 0 aliphatic heterocycles. The molecule has 0 bridgehead atoms. The average Bonchev–Trinajstić information content (AvgIpc) is 2.61. The van der Waals surface area contributed by atoms with E-state index in [1.165, 1.54) is 17.4 Å². The molecule has 0 radical (unpaired) electrons. The lowest BCUT2D eigenvalue weighted by Gasteiger charge is -2.12. The van der Waals surface area contributed by atoms with Gasteiger partial charge in [0.05, 0.1) is 4.90 Å². The van der Waals surface area contributed by atoms with E-state index in [-0.39, 0.29) is 0 Å². The Hall–Kier alpha value is -2.41. The lowest BCUT2D eigenvalue weighted by molar-refractivity contribution is 0.602. The molecule has 0 spiro atoms. The highest BCUT2D eigenvalue weighted by molar-refractivity contribution is 7.90. The summed E-state index contributed by atoms with van der Waals surface area (Å²) in [6.45, 7) is 3.56. The normalized spacial score (nSPS) is 12.0. The molecule has 1 aromatic carbocycles. The Kier molecular flexibility index (Phi) is 7.15. The molecule has 0 aliphatic carbocycles. The number of hydrogen-bond donors (Lipinski definition) is 2. The number of rotatable bonds is 7. The first-order chi connectivity index (χ1) is 12.4. The minimum atomic E-state index is -3.14. The second-order valence-electron chi connectivity index (χ2n) is 6.14. The Morgan fingerprint density at radius 1 is 1.08 bits per heavy atom. The molecule has 0 saturated carbocycles. The summed E-state index contributed by atoms with van der Waals surface area (Å²) < 4.78 is 22.9. The predicted octanol–water partition coefficient (Wildman–Crippen LogP) is 1.74. The van der Waals surface area contributed by atoms with Gasteiger partial charge in [-0.25, -0.2) is 8.42 Å². The molecule has 2 N–H and O–H groups in total. The van der Waals surface area contributed by atoms with Crippen molar-refractivity contribution in [3.63, 3.8) is 0 Å². The third kappa shape index (κ3) is 6.15. The first kappa shape index (κ1) is 19.9. The van der Waals surface area contributed by atoms with E-state index >= 15 is 0 Å². The first-order valence-corrected chi connectivity index (χ1v) is 10.4. The van der Waals surface area contributed by atoms with E-state index in [1.54, 1.807) is 19.2 Å². The Balaban J connectivity index is 1.76. The smallest absolute Gasteiger partial charge is 0.190 e. The first-order valence-electron chi connectivity index (χ1n) is 8.53. The summed E-state index contributed by atoms with van der Waals surface area (Å²) in [7, 11) is -1.40. The Bertz CT molecular complexity index is 846. The molecule has 2 rings (SSSR count). The van der Waals surface area contributed by atoms with Crippen LogP contribution >= 0.6 is 0 Å². The molecule has 0 unspecified atom stereocenters. The molecule has 0 saturated heterocycles. The van der Waals surface area contributed by atoms with Crippen molar-refractivity contribution in [2.24, 2.45) is 4.99 Å². The van der Waals surface area contributed by atoms with Crippen LogP contribution in [0, 0.1) is 6.92 Å². The van der Waals surface area contributed by atoms with Gasteiger partial charge in [-0.2, -0.15) is 0 Å². The Labute approximate surface area is 155 Å². The van der Waals surface area contributed by atoms with E-state index in [1.807, 2.05) is 30.6 Å². The summed E-state index contributed by atoms with van der Waals surface area (Å²) >= 11 is 0. The number of pyridine rings is 1. The fourth-order valence-corrected chi connectivity index (χ4v) is 3.18. The van der Waals surface area contributed by atoms with Crippen LogP contribution in [-0.2, 0) is 22.7 Å². The van der Waals surface area contributed by atoms with Gasteiger partial charge in [0.15, 0.2) is 15.8 Å². The van der Waals surface area contributed by atoms with Crippen LogP contribution in [0.15, 0.2) is 52.6 Å². The van der Waals surface area contributed by atoms with Crippen LogP contribution in [0.4, 0.5) is 0 Å². The zero-order valence-corrected chi connectivity index (χ0v) is 16.3. The molecule has 2 aromatic rings. The lowest BCUT2D eigenvalue weighted by Crippen LogP contribution is -2.39. The summed E-state index contributed by atoms with van der Waals surface area (Å²) in [5.74, 6) is 0.754. The lowest BCUT2D eigenvalue weighted by atomic mass is 10.1. The minimum absolute atomic E-state index is 0.345. The molecule has 0 aliphatic rings. The summed E-state index contributed by atoms with van der Waals surface area (Å²) in [6, 6.07) is 9.03. The number of aromatic nitrogens is 1. The zero-order valence-electron chi connectivity index (χ0n) is 15.5. The topological polar surface area (TPSA) is 83.5 Å². The van der Waals surface area contributed by atoms with Gasteiger partial charge < -0.3 is 10.6 Å². The highest BCUT2D eigenvalue weighted by Gasteiger charge is 2.06. The third-order valence-electron chi connectivity index (χ3n) is 4.10. The second kappa shape index (κ2) is 9.33. The van der Waals surface area contributed by atoms with Crippen LogP contribution in [0.25, 0.3) is 0 Å². The van der Waals surface area contributed by atoms with Crippen molar-refractivity contribution < 1.29 is 8.42 Å². The van der Waals surface area contributed by atoms with Gasteiger partial charge in [-0.05, 0) is 54.7 Å². The largest absolute Gasteiger partial charge is 0.356 e. The number of guanidine groups is 1. The predicted molar refractivity (Wildman–Crippen MR) is 105 cm³/mol. The van der Waals surface area contributed by atoms with E-state index in [0.717, 1.165) is 30.9 Å². The molecule has 1 heterocycles. The SMILES string of the molecule is CN=C(NCCc1ccc(S(C)(=O)=O)cc1)NCCc1ccncc1C. The maximum Gasteiger partial charge on any atom is 0.190 e. The molecule has 1 aromatic heterocycles. The van der Waals surface area contributed by atoms with Crippen molar-refractivity contribution in [1.82, 2.24) is 15.6 Å². The molecular formula is C19H26N4O2S. The third-order valence-corrected chi connectivity index (χ3v) is 5.23. The van der Waals surface area contributed by atoms with Crippen molar-refractivity contribution >= 4 is 15.8 Å². The molecular weight excluding hydrogens is 348 g/mol. The fourth-order valence-electron chi connectivity index (χ4n) is 2.55. The van der Waals surface area contributed by atoms with Crippen LogP contribution in [0.3, 0.4) is 0 Å². The van der Waals surface area contributed by atoms with Crippen molar-refractivity contribution in [3.05, 3.63) is 59.4 Å². The maximum absolute atomic E-state index is 11.5. The number of benzene rings is 1. The highest BCUT2D eigenvalue weighted by Crippen LogP contribution is 2.10. The fraction of sp³-hybridized carbons (Fsp3) is 0.368. The Morgan fingerprint density at radius 3 is 2.31 bits per heavy atom. The Morgan fingerprint density at radius 2 is 1.73 bits per heavy atom. The van der Waals surface area contributed by atoms with Crippen molar-refractivity contribution in [1.29, 1.82) is 0 Å². The zero-order chi connectivity index (χ0) is 19.0. The summed E-state index contributed by atoms with van der Waals surface area (Å²) in [5, 5.41) is 6.57. The van der Waals surface area contributed by atoms with Gasteiger partial charge in [0.2, 0.25) is 0 Å². The van der Waals surface area contributed by atoms with E-state index in [4.69, 9.17) is 0 Å². The van der Waals surface area contributed by atoms with E-state index in [2.05, 4.69) is 27.5 Å².